The van der Waals surface area contributed by atoms with E-state index in [4.69, 9.17) is 0 Å². The second kappa shape index (κ2) is 5.45. The van der Waals surface area contributed by atoms with Crippen molar-refractivity contribution in [1.82, 2.24) is 9.55 Å². The van der Waals surface area contributed by atoms with Gasteiger partial charge in [0.2, 0.25) is 0 Å². The van der Waals surface area contributed by atoms with E-state index in [9.17, 15) is 0 Å². The van der Waals surface area contributed by atoms with Gasteiger partial charge in [-0.2, -0.15) is 0 Å². The van der Waals surface area contributed by atoms with Crippen LogP contribution in [0.2, 0.25) is 0 Å². The first-order valence-electron chi connectivity index (χ1n) is 6.57. The summed E-state index contributed by atoms with van der Waals surface area (Å²) in [4.78, 5) is 4.29. The second-order valence-corrected chi connectivity index (χ2v) is 5.53. The highest BCUT2D eigenvalue weighted by Crippen LogP contribution is 2.22. The lowest BCUT2D eigenvalue weighted by atomic mass is 10.2. The molecule has 3 rings (SSSR count). The van der Waals surface area contributed by atoms with Crippen molar-refractivity contribution in [2.75, 3.05) is 5.32 Å². The van der Waals surface area contributed by atoms with Gasteiger partial charge in [-0.1, -0.05) is 6.92 Å². The largest absolute Gasteiger partial charge is 0.381 e. The smallest absolute Gasteiger partial charge is 0.0813 e. The lowest BCUT2D eigenvalue weighted by molar-refractivity contribution is 0.682. The highest BCUT2D eigenvalue weighted by atomic mass is 32.1. The monoisotopic (exact) mass is 271 g/mol. The number of anilines is 1. The molecular formula is C15H17N3S. The van der Waals surface area contributed by atoms with E-state index < -0.39 is 0 Å². The van der Waals surface area contributed by atoms with Gasteiger partial charge in [-0.05, 0) is 36.2 Å². The van der Waals surface area contributed by atoms with Gasteiger partial charge in [0, 0.05) is 31.2 Å². The van der Waals surface area contributed by atoms with Crippen molar-refractivity contribution in [3.05, 3.63) is 47.7 Å². The van der Waals surface area contributed by atoms with Crippen LogP contribution in [-0.2, 0) is 13.1 Å². The van der Waals surface area contributed by atoms with Crippen LogP contribution in [0.3, 0.4) is 0 Å². The van der Waals surface area contributed by atoms with Crippen molar-refractivity contribution in [1.29, 1.82) is 0 Å². The maximum atomic E-state index is 4.29. The molecule has 98 valence electrons. The molecular weight excluding hydrogens is 254 g/mol. The Morgan fingerprint density at radius 3 is 3.16 bits per heavy atom. The molecule has 1 N–H and O–H groups in total. The molecule has 0 spiro atoms. The highest BCUT2D eigenvalue weighted by Gasteiger charge is 2.00. The molecule has 1 aromatic carbocycles. The first kappa shape index (κ1) is 12.2. The van der Waals surface area contributed by atoms with E-state index in [2.05, 4.69) is 58.5 Å². The van der Waals surface area contributed by atoms with Crippen molar-refractivity contribution >= 4 is 27.2 Å². The molecule has 2 aromatic heterocycles. The molecule has 0 aliphatic heterocycles. The molecule has 0 amide bonds. The SMILES string of the molecule is CCCn1ccc(CNc2ccc3ncsc3c2)c1. The van der Waals surface area contributed by atoms with Gasteiger partial charge in [0.25, 0.3) is 0 Å². The van der Waals surface area contributed by atoms with Crippen LogP contribution in [0.25, 0.3) is 10.2 Å². The molecule has 0 atom stereocenters. The summed E-state index contributed by atoms with van der Waals surface area (Å²) in [5.41, 5.74) is 5.43. The number of hydrogen-bond donors (Lipinski definition) is 1. The second-order valence-electron chi connectivity index (χ2n) is 4.65. The molecule has 0 saturated heterocycles. The molecule has 0 unspecified atom stereocenters. The van der Waals surface area contributed by atoms with Crippen molar-refractivity contribution in [2.24, 2.45) is 0 Å². The molecule has 3 nitrogen and oxygen atoms in total. The van der Waals surface area contributed by atoms with Crippen LogP contribution < -0.4 is 5.32 Å². The molecule has 3 aromatic rings. The van der Waals surface area contributed by atoms with Crippen LogP contribution in [0, 0.1) is 0 Å². The van der Waals surface area contributed by atoms with Crippen LogP contribution in [0.5, 0.6) is 0 Å². The maximum Gasteiger partial charge on any atom is 0.0813 e. The summed E-state index contributed by atoms with van der Waals surface area (Å²) in [7, 11) is 0. The topological polar surface area (TPSA) is 29.9 Å². The normalized spacial score (nSPS) is 11.0. The van der Waals surface area contributed by atoms with E-state index in [1.54, 1.807) is 11.3 Å². The minimum Gasteiger partial charge on any atom is -0.381 e. The van der Waals surface area contributed by atoms with E-state index in [-0.39, 0.29) is 0 Å². The summed E-state index contributed by atoms with van der Waals surface area (Å²) in [5, 5.41) is 3.46. The van der Waals surface area contributed by atoms with Gasteiger partial charge in [0.1, 0.15) is 0 Å². The zero-order chi connectivity index (χ0) is 13.1. The lowest BCUT2D eigenvalue weighted by Gasteiger charge is -2.05. The zero-order valence-corrected chi connectivity index (χ0v) is 11.8. The maximum absolute atomic E-state index is 4.29. The number of rotatable bonds is 5. The van der Waals surface area contributed by atoms with Crippen molar-refractivity contribution < 1.29 is 0 Å². The predicted molar refractivity (Wildman–Crippen MR) is 81.7 cm³/mol. The predicted octanol–water partition coefficient (Wildman–Crippen LogP) is 4.12. The van der Waals surface area contributed by atoms with Gasteiger partial charge in [-0.15, -0.1) is 11.3 Å². The summed E-state index contributed by atoms with van der Waals surface area (Å²) in [5.74, 6) is 0. The Morgan fingerprint density at radius 1 is 1.32 bits per heavy atom. The van der Waals surface area contributed by atoms with E-state index in [0.29, 0.717) is 0 Å². The first-order chi connectivity index (χ1) is 9.35. The Morgan fingerprint density at radius 2 is 2.26 bits per heavy atom. The molecule has 4 heteroatoms. The number of nitrogens with one attached hydrogen (secondary N) is 1. The number of hydrogen-bond acceptors (Lipinski definition) is 3. The van der Waals surface area contributed by atoms with Gasteiger partial charge in [-0.25, -0.2) is 4.98 Å². The van der Waals surface area contributed by atoms with Crippen LogP contribution in [-0.4, -0.2) is 9.55 Å². The number of fused-ring (bicyclic) bond motifs is 1. The third kappa shape index (κ3) is 2.79. The van der Waals surface area contributed by atoms with Crippen LogP contribution in [0.1, 0.15) is 18.9 Å². The number of aryl methyl sites for hydroxylation is 1. The van der Waals surface area contributed by atoms with Crippen molar-refractivity contribution in [3.63, 3.8) is 0 Å². The molecule has 19 heavy (non-hydrogen) atoms. The fraction of sp³-hybridized carbons (Fsp3) is 0.267. The Bertz CT molecular complexity index is 669. The number of nitrogens with zero attached hydrogens (tertiary/aromatic N) is 2. The molecule has 0 bridgehead atoms. The van der Waals surface area contributed by atoms with Crippen LogP contribution in [0.4, 0.5) is 5.69 Å². The zero-order valence-electron chi connectivity index (χ0n) is 11.0. The Labute approximate surface area is 116 Å². The van der Waals surface area contributed by atoms with E-state index in [1.165, 1.54) is 16.7 Å². The lowest BCUT2D eigenvalue weighted by Crippen LogP contribution is -1.98. The third-order valence-electron chi connectivity index (χ3n) is 3.12. The molecule has 0 saturated carbocycles. The molecule has 0 radical (unpaired) electrons. The molecule has 0 aliphatic carbocycles. The average molecular weight is 271 g/mol. The molecule has 2 heterocycles. The molecule has 0 fully saturated rings. The van der Waals surface area contributed by atoms with Crippen LogP contribution >= 0.6 is 11.3 Å². The first-order valence-corrected chi connectivity index (χ1v) is 7.45. The summed E-state index contributed by atoms with van der Waals surface area (Å²) in [6.45, 7) is 4.15. The summed E-state index contributed by atoms with van der Waals surface area (Å²) < 4.78 is 3.47. The van der Waals surface area contributed by atoms with Crippen molar-refractivity contribution in [3.8, 4) is 0 Å². The van der Waals surface area contributed by atoms with Gasteiger partial charge >= 0.3 is 0 Å². The summed E-state index contributed by atoms with van der Waals surface area (Å²) in [6.07, 6.45) is 5.53. The Kier molecular flexibility index (Phi) is 3.51. The quantitative estimate of drug-likeness (QED) is 0.756. The number of aromatic nitrogens is 2. The minimum absolute atomic E-state index is 0.862. The summed E-state index contributed by atoms with van der Waals surface area (Å²) in [6, 6.07) is 8.49. The number of thiazole rings is 1. The van der Waals surface area contributed by atoms with Gasteiger partial charge < -0.3 is 9.88 Å². The fourth-order valence-electron chi connectivity index (χ4n) is 2.16. The van der Waals surface area contributed by atoms with Gasteiger partial charge in [-0.3, -0.25) is 0 Å². The summed E-state index contributed by atoms with van der Waals surface area (Å²) >= 11 is 1.68. The minimum atomic E-state index is 0.862. The van der Waals surface area contributed by atoms with Crippen LogP contribution in [0.15, 0.2) is 42.2 Å². The van der Waals surface area contributed by atoms with E-state index >= 15 is 0 Å². The van der Waals surface area contributed by atoms with E-state index in [0.717, 1.165) is 24.3 Å². The number of benzene rings is 1. The fourth-order valence-corrected chi connectivity index (χ4v) is 2.88. The average Bonchev–Trinajstić information content (AvgIpc) is 3.04. The standard InChI is InChI=1S/C15H17N3S/c1-2-6-18-7-5-12(10-18)9-16-13-3-4-14-15(8-13)19-11-17-14/h3-5,7-8,10-11,16H,2,6,9H2,1H3. The van der Waals surface area contributed by atoms with Gasteiger partial charge in [0.15, 0.2) is 0 Å². The highest BCUT2D eigenvalue weighted by molar-refractivity contribution is 7.16. The van der Waals surface area contributed by atoms with Gasteiger partial charge in [0.05, 0.1) is 15.7 Å². The van der Waals surface area contributed by atoms with E-state index in [1.807, 2.05) is 5.51 Å². The Hall–Kier alpha value is -1.81. The molecule has 0 aliphatic rings. The Balaban J connectivity index is 1.67. The van der Waals surface area contributed by atoms with Crippen molar-refractivity contribution in [2.45, 2.75) is 26.4 Å². The third-order valence-corrected chi connectivity index (χ3v) is 3.91.